The van der Waals surface area contributed by atoms with Gasteiger partial charge in [0.2, 0.25) is 0 Å². The van der Waals surface area contributed by atoms with E-state index in [-0.39, 0.29) is 5.69 Å². The summed E-state index contributed by atoms with van der Waals surface area (Å²) in [5.41, 5.74) is 2.39. The van der Waals surface area contributed by atoms with Gasteiger partial charge in [0.25, 0.3) is 5.91 Å². The molecular weight excluding hydrogens is 318 g/mol. The first-order chi connectivity index (χ1) is 12.0. The molecule has 0 unspecified atom stereocenters. The van der Waals surface area contributed by atoms with E-state index in [2.05, 4.69) is 15.3 Å². The van der Waals surface area contributed by atoms with Gasteiger partial charge in [-0.2, -0.15) is 4.98 Å². The molecule has 0 saturated heterocycles. The number of nitrogens with zero attached hydrogens (tertiary/aromatic N) is 1. The minimum absolute atomic E-state index is 0.146. The average Bonchev–Trinajstić information content (AvgIpc) is 2.61. The van der Waals surface area contributed by atoms with Crippen LogP contribution in [0, 0.1) is 6.92 Å². The first-order valence-electron chi connectivity index (χ1n) is 7.69. The highest BCUT2D eigenvalue weighted by Crippen LogP contribution is 2.20. The third-order valence-corrected chi connectivity index (χ3v) is 3.65. The fourth-order valence-corrected chi connectivity index (χ4v) is 2.41. The quantitative estimate of drug-likeness (QED) is 0.767. The van der Waals surface area contributed by atoms with E-state index in [9.17, 15) is 9.59 Å². The Morgan fingerprint density at radius 1 is 1.12 bits per heavy atom. The fourth-order valence-electron chi connectivity index (χ4n) is 2.41. The van der Waals surface area contributed by atoms with Gasteiger partial charge in [-0.1, -0.05) is 12.1 Å². The summed E-state index contributed by atoms with van der Waals surface area (Å²) in [5.74, 6) is 0.297. The van der Waals surface area contributed by atoms with E-state index in [1.807, 2.05) is 25.1 Å². The van der Waals surface area contributed by atoms with Crippen molar-refractivity contribution in [3.8, 4) is 17.0 Å². The zero-order chi connectivity index (χ0) is 17.8. The van der Waals surface area contributed by atoms with Crippen molar-refractivity contribution in [1.29, 1.82) is 0 Å². The highest BCUT2D eigenvalue weighted by atomic mass is 16.5. The summed E-state index contributed by atoms with van der Waals surface area (Å²) in [7, 11) is 1.58. The van der Waals surface area contributed by atoms with Gasteiger partial charge in [-0.25, -0.2) is 4.79 Å². The second-order valence-electron chi connectivity index (χ2n) is 5.54. The maximum atomic E-state index is 12.4. The molecule has 0 bridgehead atoms. The predicted molar refractivity (Wildman–Crippen MR) is 96.0 cm³/mol. The fraction of sp³-hybridized carbons (Fsp3) is 0.105. The number of hydrogen-bond donors (Lipinski definition) is 2. The molecule has 6 nitrogen and oxygen atoms in total. The predicted octanol–water partition coefficient (Wildman–Crippen LogP) is 3.01. The number of nitrogens with one attached hydrogen (secondary N) is 2. The molecular formula is C19H17N3O3. The Morgan fingerprint density at radius 3 is 2.56 bits per heavy atom. The number of ether oxygens (including phenoxy) is 1. The number of carbonyl (C=O) groups excluding carboxylic acids is 1. The Morgan fingerprint density at radius 2 is 1.88 bits per heavy atom. The zero-order valence-electron chi connectivity index (χ0n) is 13.9. The summed E-state index contributed by atoms with van der Waals surface area (Å²) in [6.45, 7) is 1.94. The Labute approximate surface area is 144 Å². The average molecular weight is 335 g/mol. The number of rotatable bonds is 4. The number of anilines is 1. The molecule has 2 N–H and O–H groups in total. The number of aromatic nitrogens is 2. The second kappa shape index (κ2) is 7.00. The number of hydrogen-bond acceptors (Lipinski definition) is 4. The summed E-state index contributed by atoms with van der Waals surface area (Å²) in [6, 6.07) is 16.1. The van der Waals surface area contributed by atoms with Gasteiger partial charge in [-0.3, -0.25) is 4.79 Å². The van der Waals surface area contributed by atoms with Crippen LogP contribution in [0.4, 0.5) is 5.69 Å². The van der Waals surface area contributed by atoms with Crippen molar-refractivity contribution in [3.05, 3.63) is 76.3 Å². The third-order valence-electron chi connectivity index (χ3n) is 3.65. The van der Waals surface area contributed by atoms with Crippen LogP contribution in [0.3, 0.4) is 0 Å². The molecule has 0 saturated carbocycles. The summed E-state index contributed by atoms with van der Waals surface area (Å²) in [6.07, 6.45) is 0. The second-order valence-corrected chi connectivity index (χ2v) is 5.54. The molecule has 126 valence electrons. The molecule has 0 aliphatic carbocycles. The molecule has 0 atom stereocenters. The highest BCUT2D eigenvalue weighted by Gasteiger charge is 2.11. The van der Waals surface area contributed by atoms with Gasteiger partial charge in [0.15, 0.2) is 0 Å². The molecule has 6 heteroatoms. The molecule has 0 aliphatic rings. The number of methoxy groups -OCH3 is 1. The van der Waals surface area contributed by atoms with E-state index in [0.717, 1.165) is 11.1 Å². The number of carbonyl (C=O) groups is 1. The van der Waals surface area contributed by atoms with Crippen molar-refractivity contribution in [3.63, 3.8) is 0 Å². The van der Waals surface area contributed by atoms with Crippen LogP contribution in [0.15, 0.2) is 59.4 Å². The van der Waals surface area contributed by atoms with Gasteiger partial charge < -0.3 is 15.0 Å². The van der Waals surface area contributed by atoms with Crippen LogP contribution >= 0.6 is 0 Å². The molecule has 1 heterocycles. The maximum absolute atomic E-state index is 12.4. The lowest BCUT2D eigenvalue weighted by atomic mass is 10.1. The monoisotopic (exact) mass is 335 g/mol. The van der Waals surface area contributed by atoms with Gasteiger partial charge in [0, 0.05) is 11.3 Å². The van der Waals surface area contributed by atoms with Gasteiger partial charge in [0.1, 0.15) is 11.4 Å². The standard InChI is InChI=1S/C19H17N3O3/c1-12-4-3-5-14(10-12)20-18(23)17-11-16(21-19(24)22-17)13-6-8-15(25-2)9-7-13/h3-11H,1-2H3,(H,20,23)(H,21,22,24). The summed E-state index contributed by atoms with van der Waals surface area (Å²) in [4.78, 5) is 30.7. The van der Waals surface area contributed by atoms with E-state index in [0.29, 0.717) is 17.1 Å². The highest BCUT2D eigenvalue weighted by molar-refractivity contribution is 6.03. The maximum Gasteiger partial charge on any atom is 0.346 e. The molecule has 3 aromatic rings. The minimum Gasteiger partial charge on any atom is -0.497 e. The topological polar surface area (TPSA) is 84.1 Å². The van der Waals surface area contributed by atoms with Gasteiger partial charge in [-0.05, 0) is 55.0 Å². The number of aryl methyl sites for hydroxylation is 1. The number of aromatic amines is 1. The van der Waals surface area contributed by atoms with E-state index >= 15 is 0 Å². The van der Waals surface area contributed by atoms with Crippen molar-refractivity contribution in [1.82, 2.24) is 9.97 Å². The van der Waals surface area contributed by atoms with E-state index < -0.39 is 11.6 Å². The van der Waals surface area contributed by atoms with Gasteiger partial charge in [0.05, 0.1) is 12.8 Å². The molecule has 0 fully saturated rings. The zero-order valence-corrected chi connectivity index (χ0v) is 13.9. The number of H-pyrrole nitrogens is 1. The van der Waals surface area contributed by atoms with Crippen LogP contribution in [-0.2, 0) is 0 Å². The molecule has 25 heavy (non-hydrogen) atoms. The van der Waals surface area contributed by atoms with Crippen molar-refractivity contribution < 1.29 is 9.53 Å². The Hall–Kier alpha value is -3.41. The minimum atomic E-state index is -0.581. The molecule has 1 aromatic heterocycles. The van der Waals surface area contributed by atoms with Crippen molar-refractivity contribution >= 4 is 11.6 Å². The van der Waals surface area contributed by atoms with Crippen LogP contribution in [0.25, 0.3) is 11.3 Å². The first kappa shape index (κ1) is 16.4. The number of benzene rings is 2. The number of amides is 1. The molecule has 2 aromatic carbocycles. The van der Waals surface area contributed by atoms with E-state index in [4.69, 9.17) is 4.74 Å². The third kappa shape index (κ3) is 3.92. The largest absolute Gasteiger partial charge is 0.497 e. The molecule has 3 rings (SSSR count). The van der Waals surface area contributed by atoms with Crippen LogP contribution in [0.1, 0.15) is 16.1 Å². The van der Waals surface area contributed by atoms with Gasteiger partial charge >= 0.3 is 5.69 Å². The van der Waals surface area contributed by atoms with E-state index in [1.54, 1.807) is 43.5 Å². The Kier molecular flexibility index (Phi) is 4.61. The molecule has 1 amide bonds. The molecule has 0 radical (unpaired) electrons. The lowest BCUT2D eigenvalue weighted by molar-refractivity contribution is 0.102. The van der Waals surface area contributed by atoms with E-state index in [1.165, 1.54) is 0 Å². The lowest BCUT2D eigenvalue weighted by Gasteiger charge is -2.07. The first-order valence-corrected chi connectivity index (χ1v) is 7.69. The van der Waals surface area contributed by atoms with Crippen LogP contribution in [-0.4, -0.2) is 23.0 Å². The SMILES string of the molecule is COc1ccc(-c2cc(C(=O)Nc3cccc(C)c3)[nH]c(=O)n2)cc1. The summed E-state index contributed by atoms with van der Waals surface area (Å²) in [5, 5.41) is 2.77. The van der Waals surface area contributed by atoms with Crippen LogP contribution in [0.2, 0.25) is 0 Å². The Bertz CT molecular complexity index is 962. The van der Waals surface area contributed by atoms with Crippen molar-refractivity contribution in [2.45, 2.75) is 6.92 Å². The van der Waals surface area contributed by atoms with Crippen LogP contribution in [0.5, 0.6) is 5.75 Å². The lowest BCUT2D eigenvalue weighted by Crippen LogP contribution is -2.21. The van der Waals surface area contributed by atoms with Gasteiger partial charge in [-0.15, -0.1) is 0 Å². The molecule has 0 spiro atoms. The van der Waals surface area contributed by atoms with Crippen LogP contribution < -0.4 is 15.7 Å². The van der Waals surface area contributed by atoms with Crippen molar-refractivity contribution in [2.75, 3.05) is 12.4 Å². The smallest absolute Gasteiger partial charge is 0.346 e. The summed E-state index contributed by atoms with van der Waals surface area (Å²) < 4.78 is 5.11. The normalized spacial score (nSPS) is 10.3. The van der Waals surface area contributed by atoms with Crippen molar-refractivity contribution in [2.24, 2.45) is 0 Å². The Balaban J connectivity index is 1.90. The summed E-state index contributed by atoms with van der Waals surface area (Å²) >= 11 is 0. The molecule has 0 aliphatic heterocycles.